The van der Waals surface area contributed by atoms with Crippen LogP contribution in [0.2, 0.25) is 0 Å². The van der Waals surface area contributed by atoms with Gasteiger partial charge in [-0.05, 0) is 43.9 Å². The van der Waals surface area contributed by atoms with Crippen LogP contribution < -0.4 is 5.32 Å². The second-order valence-corrected chi connectivity index (χ2v) is 5.59. The Balaban J connectivity index is 1.96. The Bertz CT molecular complexity index is 447. The van der Waals surface area contributed by atoms with Crippen molar-refractivity contribution in [3.63, 3.8) is 0 Å². The van der Waals surface area contributed by atoms with Crippen molar-refractivity contribution in [3.8, 4) is 5.75 Å². The molecule has 1 aliphatic carbocycles. The van der Waals surface area contributed by atoms with Gasteiger partial charge in [-0.1, -0.05) is 18.6 Å². The van der Waals surface area contributed by atoms with Crippen molar-refractivity contribution in [3.05, 3.63) is 29.8 Å². The highest BCUT2D eigenvalue weighted by molar-refractivity contribution is 5.29. The minimum absolute atomic E-state index is 0.0703. The fourth-order valence-corrected chi connectivity index (χ4v) is 2.88. The van der Waals surface area contributed by atoms with Gasteiger partial charge in [-0.25, -0.2) is 0 Å². The zero-order valence-electron chi connectivity index (χ0n) is 11.5. The van der Waals surface area contributed by atoms with Crippen LogP contribution in [0.3, 0.4) is 0 Å². The molecule has 0 saturated heterocycles. The van der Waals surface area contributed by atoms with Gasteiger partial charge in [0, 0.05) is 12.1 Å². The first-order valence-corrected chi connectivity index (χ1v) is 6.98. The second-order valence-electron chi connectivity index (χ2n) is 5.59. The van der Waals surface area contributed by atoms with Gasteiger partial charge in [0.15, 0.2) is 0 Å². The van der Waals surface area contributed by atoms with E-state index in [0.29, 0.717) is 6.42 Å². The molecule has 20 heavy (non-hydrogen) atoms. The predicted molar refractivity (Wildman–Crippen MR) is 71.5 cm³/mol. The number of phenols is 1. The molecule has 2 N–H and O–H groups in total. The monoisotopic (exact) mass is 287 g/mol. The van der Waals surface area contributed by atoms with Gasteiger partial charge in [0.1, 0.15) is 5.75 Å². The smallest absolute Gasteiger partial charge is 0.391 e. The van der Waals surface area contributed by atoms with Crippen molar-refractivity contribution in [1.29, 1.82) is 0 Å². The summed E-state index contributed by atoms with van der Waals surface area (Å²) in [7, 11) is 0. The Morgan fingerprint density at radius 2 is 2.05 bits per heavy atom. The summed E-state index contributed by atoms with van der Waals surface area (Å²) in [5.74, 6) is -1.02. The van der Waals surface area contributed by atoms with E-state index in [0.717, 1.165) is 12.0 Å². The average Bonchev–Trinajstić information content (AvgIpc) is 2.38. The molecule has 1 aliphatic rings. The van der Waals surface area contributed by atoms with Gasteiger partial charge in [0.25, 0.3) is 0 Å². The van der Waals surface area contributed by atoms with Gasteiger partial charge in [0.05, 0.1) is 5.92 Å². The van der Waals surface area contributed by atoms with Gasteiger partial charge in [0.2, 0.25) is 0 Å². The third-order valence-electron chi connectivity index (χ3n) is 3.99. The fraction of sp³-hybridized carbons (Fsp3) is 0.600. The first kappa shape index (κ1) is 15.2. The highest BCUT2D eigenvalue weighted by Crippen LogP contribution is 2.38. The van der Waals surface area contributed by atoms with E-state index >= 15 is 0 Å². The fourth-order valence-electron chi connectivity index (χ4n) is 2.88. The topological polar surface area (TPSA) is 32.3 Å². The Hall–Kier alpha value is -1.23. The SMILES string of the molecule is CC(NC1CCCC(C(F)(F)F)C1)c1cccc(O)c1. The van der Waals surface area contributed by atoms with Crippen LogP contribution in [-0.4, -0.2) is 17.3 Å². The number of phenolic OH excluding ortho intramolecular Hbond substituents is 1. The molecule has 3 atom stereocenters. The van der Waals surface area contributed by atoms with Gasteiger partial charge in [-0.3, -0.25) is 0 Å². The van der Waals surface area contributed by atoms with Crippen LogP contribution in [0.1, 0.15) is 44.2 Å². The van der Waals surface area contributed by atoms with E-state index in [4.69, 9.17) is 0 Å². The van der Waals surface area contributed by atoms with Crippen LogP contribution in [0.25, 0.3) is 0 Å². The number of benzene rings is 1. The Morgan fingerprint density at radius 3 is 2.70 bits per heavy atom. The van der Waals surface area contributed by atoms with E-state index < -0.39 is 12.1 Å². The first-order chi connectivity index (χ1) is 9.36. The van der Waals surface area contributed by atoms with E-state index in [1.54, 1.807) is 18.2 Å². The molecule has 2 nitrogen and oxygen atoms in total. The molecule has 3 unspecified atom stereocenters. The van der Waals surface area contributed by atoms with Crippen molar-refractivity contribution in [1.82, 2.24) is 5.32 Å². The van der Waals surface area contributed by atoms with Crippen LogP contribution in [-0.2, 0) is 0 Å². The van der Waals surface area contributed by atoms with Crippen molar-refractivity contribution in [2.24, 2.45) is 5.92 Å². The molecule has 1 aromatic carbocycles. The van der Waals surface area contributed by atoms with Crippen LogP contribution >= 0.6 is 0 Å². The maximum Gasteiger partial charge on any atom is 0.391 e. The average molecular weight is 287 g/mol. The van der Waals surface area contributed by atoms with Gasteiger partial charge in [-0.15, -0.1) is 0 Å². The molecule has 1 fully saturated rings. The number of aromatic hydroxyl groups is 1. The predicted octanol–water partition coefficient (Wildman–Crippen LogP) is 4.16. The summed E-state index contributed by atoms with van der Waals surface area (Å²) < 4.78 is 38.3. The second kappa shape index (κ2) is 6.04. The number of hydrogen-bond acceptors (Lipinski definition) is 2. The van der Waals surface area contributed by atoms with Crippen LogP contribution in [0, 0.1) is 5.92 Å². The lowest BCUT2D eigenvalue weighted by Crippen LogP contribution is -2.39. The zero-order valence-corrected chi connectivity index (χ0v) is 11.5. The van der Waals surface area contributed by atoms with E-state index in [1.165, 1.54) is 0 Å². The summed E-state index contributed by atoms with van der Waals surface area (Å²) in [4.78, 5) is 0. The lowest BCUT2D eigenvalue weighted by molar-refractivity contribution is -0.183. The van der Waals surface area contributed by atoms with Crippen molar-refractivity contribution < 1.29 is 18.3 Å². The van der Waals surface area contributed by atoms with E-state index in [1.807, 2.05) is 13.0 Å². The number of hydrogen-bond donors (Lipinski definition) is 2. The quantitative estimate of drug-likeness (QED) is 0.874. The van der Waals surface area contributed by atoms with Crippen molar-refractivity contribution in [2.45, 2.75) is 50.9 Å². The lowest BCUT2D eigenvalue weighted by Gasteiger charge is -2.33. The minimum atomic E-state index is -4.09. The van der Waals surface area contributed by atoms with E-state index in [-0.39, 0.29) is 30.7 Å². The number of halogens is 3. The van der Waals surface area contributed by atoms with Gasteiger partial charge in [-0.2, -0.15) is 13.2 Å². The molecule has 0 spiro atoms. The largest absolute Gasteiger partial charge is 0.508 e. The third-order valence-corrected chi connectivity index (χ3v) is 3.99. The van der Waals surface area contributed by atoms with E-state index in [9.17, 15) is 18.3 Å². The van der Waals surface area contributed by atoms with Crippen LogP contribution in [0.15, 0.2) is 24.3 Å². The van der Waals surface area contributed by atoms with Crippen LogP contribution in [0.5, 0.6) is 5.75 Å². The molecule has 1 saturated carbocycles. The highest BCUT2D eigenvalue weighted by atomic mass is 19.4. The Labute approximate surface area is 117 Å². The van der Waals surface area contributed by atoms with Crippen LogP contribution in [0.4, 0.5) is 13.2 Å². The van der Waals surface area contributed by atoms with Crippen molar-refractivity contribution >= 4 is 0 Å². The number of rotatable bonds is 3. The normalized spacial score (nSPS) is 25.4. The molecule has 0 aromatic heterocycles. The highest BCUT2D eigenvalue weighted by Gasteiger charge is 2.42. The first-order valence-electron chi connectivity index (χ1n) is 6.98. The molecule has 2 rings (SSSR count). The maximum absolute atomic E-state index is 12.8. The number of nitrogens with one attached hydrogen (secondary N) is 1. The lowest BCUT2D eigenvalue weighted by atomic mass is 9.85. The van der Waals surface area contributed by atoms with Crippen molar-refractivity contribution in [2.75, 3.05) is 0 Å². The molecule has 0 radical (unpaired) electrons. The summed E-state index contributed by atoms with van der Waals surface area (Å²) in [6.07, 6.45) is -2.33. The Morgan fingerprint density at radius 1 is 1.30 bits per heavy atom. The number of alkyl halides is 3. The summed E-state index contributed by atoms with van der Waals surface area (Å²) >= 11 is 0. The molecule has 0 amide bonds. The Kier molecular flexibility index (Phi) is 4.58. The summed E-state index contributed by atoms with van der Waals surface area (Å²) in [6.45, 7) is 1.91. The van der Waals surface area contributed by atoms with Gasteiger partial charge < -0.3 is 10.4 Å². The standard InChI is InChI=1S/C15H20F3NO/c1-10(11-4-2-7-14(20)8-11)19-13-6-3-5-12(9-13)15(16,17)18/h2,4,7-8,10,12-13,19-20H,3,5-6,9H2,1H3. The molecule has 0 aliphatic heterocycles. The molecule has 112 valence electrons. The summed E-state index contributed by atoms with van der Waals surface area (Å²) in [5, 5.41) is 12.7. The summed E-state index contributed by atoms with van der Waals surface area (Å²) in [6, 6.07) is 6.63. The summed E-state index contributed by atoms with van der Waals surface area (Å²) in [5.41, 5.74) is 0.888. The maximum atomic E-state index is 12.8. The zero-order chi connectivity index (χ0) is 14.8. The third kappa shape index (κ3) is 3.88. The van der Waals surface area contributed by atoms with E-state index in [2.05, 4.69) is 5.32 Å². The molecule has 0 heterocycles. The molecule has 5 heteroatoms. The molecular weight excluding hydrogens is 267 g/mol. The molecule has 0 bridgehead atoms. The molecular formula is C15H20F3NO. The van der Waals surface area contributed by atoms with Gasteiger partial charge >= 0.3 is 6.18 Å². The minimum Gasteiger partial charge on any atom is -0.508 e. The molecule has 1 aromatic rings.